The van der Waals surface area contributed by atoms with Crippen molar-refractivity contribution >= 4 is 12.6 Å². The molecule has 1 aromatic carbocycles. The van der Waals surface area contributed by atoms with Gasteiger partial charge in [-0.15, -0.1) is 0 Å². The van der Waals surface area contributed by atoms with Crippen LogP contribution >= 0.6 is 0 Å². The smallest absolute Gasteiger partial charge is 0.493 e. The van der Waals surface area contributed by atoms with Crippen molar-refractivity contribution in [2.24, 2.45) is 0 Å². The third-order valence-corrected chi connectivity index (χ3v) is 2.32. The fourth-order valence-electron chi connectivity index (χ4n) is 1.51. The highest BCUT2D eigenvalue weighted by atomic mass is 16.6. The molecule has 4 heteroatoms. The van der Waals surface area contributed by atoms with Crippen molar-refractivity contribution in [1.82, 2.24) is 0 Å². The van der Waals surface area contributed by atoms with Crippen molar-refractivity contribution in [3.63, 3.8) is 0 Å². The van der Waals surface area contributed by atoms with Gasteiger partial charge in [0, 0.05) is 13.2 Å². The summed E-state index contributed by atoms with van der Waals surface area (Å²) >= 11 is 0. The first-order valence-corrected chi connectivity index (χ1v) is 4.80. The average Bonchev–Trinajstić information content (AvgIpc) is 2.23. The Balaban J connectivity index is 2.18. The Morgan fingerprint density at radius 1 is 1.29 bits per heavy atom. The average molecular weight is 192 g/mol. The minimum atomic E-state index is -0.261. The van der Waals surface area contributed by atoms with Crippen molar-refractivity contribution in [2.75, 3.05) is 13.2 Å². The molecule has 0 unspecified atom stereocenters. The highest BCUT2D eigenvalue weighted by Crippen LogP contribution is 2.13. The molecule has 0 aliphatic carbocycles. The second kappa shape index (κ2) is 4.03. The number of hydrogen-bond donors (Lipinski definition) is 1. The van der Waals surface area contributed by atoms with Crippen LogP contribution in [0.4, 0.5) is 0 Å². The summed E-state index contributed by atoms with van der Waals surface area (Å²) in [7, 11) is -0.261. The number of phenols is 1. The molecule has 74 valence electrons. The predicted octanol–water partition coefficient (Wildman–Crippen LogP) is 0.833. The maximum Gasteiger partial charge on any atom is 0.493 e. The van der Waals surface area contributed by atoms with Crippen LogP contribution < -0.4 is 5.46 Å². The normalized spacial score (nSPS) is 17.1. The summed E-state index contributed by atoms with van der Waals surface area (Å²) in [5, 5.41) is 9.36. The lowest BCUT2D eigenvalue weighted by Gasteiger charge is -2.20. The first-order chi connectivity index (χ1) is 6.77. The van der Waals surface area contributed by atoms with Crippen molar-refractivity contribution in [2.45, 2.75) is 13.3 Å². The van der Waals surface area contributed by atoms with Crippen LogP contribution in [-0.4, -0.2) is 25.4 Å². The highest BCUT2D eigenvalue weighted by Gasteiger charge is 2.24. The van der Waals surface area contributed by atoms with Gasteiger partial charge < -0.3 is 14.4 Å². The van der Waals surface area contributed by atoms with Crippen LogP contribution in [0.15, 0.2) is 18.2 Å². The highest BCUT2D eigenvalue weighted by molar-refractivity contribution is 6.61. The van der Waals surface area contributed by atoms with Crippen LogP contribution in [0.2, 0.25) is 0 Å². The van der Waals surface area contributed by atoms with Gasteiger partial charge in [0.2, 0.25) is 0 Å². The van der Waals surface area contributed by atoms with E-state index < -0.39 is 0 Å². The molecule has 1 heterocycles. The number of rotatable bonds is 1. The molecule has 0 bridgehead atoms. The summed E-state index contributed by atoms with van der Waals surface area (Å²) in [5.41, 5.74) is 1.82. The van der Waals surface area contributed by atoms with E-state index in [1.165, 1.54) is 0 Å². The number of aromatic hydroxyl groups is 1. The first kappa shape index (κ1) is 9.56. The number of hydrogen-bond acceptors (Lipinski definition) is 3. The minimum Gasteiger partial charge on any atom is -0.508 e. The summed E-state index contributed by atoms with van der Waals surface area (Å²) in [6, 6.07) is 5.40. The second-order valence-corrected chi connectivity index (χ2v) is 3.47. The summed E-state index contributed by atoms with van der Waals surface area (Å²) < 4.78 is 10.9. The van der Waals surface area contributed by atoms with E-state index in [0.717, 1.165) is 30.7 Å². The second-order valence-electron chi connectivity index (χ2n) is 3.47. The van der Waals surface area contributed by atoms with Gasteiger partial charge in [-0.05, 0) is 30.4 Å². The fraction of sp³-hybridized carbons (Fsp3) is 0.400. The lowest BCUT2D eigenvalue weighted by atomic mass is 9.77. The molecule has 0 aromatic heterocycles. The number of benzene rings is 1. The van der Waals surface area contributed by atoms with Crippen molar-refractivity contribution in [3.8, 4) is 5.75 Å². The summed E-state index contributed by atoms with van der Waals surface area (Å²) in [6.45, 7) is 3.34. The largest absolute Gasteiger partial charge is 0.508 e. The van der Waals surface area contributed by atoms with Gasteiger partial charge in [-0.2, -0.15) is 0 Å². The zero-order valence-electron chi connectivity index (χ0n) is 8.19. The van der Waals surface area contributed by atoms with E-state index in [4.69, 9.17) is 9.31 Å². The van der Waals surface area contributed by atoms with Crippen LogP contribution in [-0.2, 0) is 9.31 Å². The predicted molar refractivity (Wildman–Crippen MR) is 54.8 cm³/mol. The van der Waals surface area contributed by atoms with Gasteiger partial charge in [0.05, 0.1) is 0 Å². The molecule has 0 spiro atoms. The van der Waals surface area contributed by atoms with Crippen LogP contribution in [0, 0.1) is 6.92 Å². The first-order valence-electron chi connectivity index (χ1n) is 4.80. The topological polar surface area (TPSA) is 38.7 Å². The maximum absolute atomic E-state index is 9.36. The lowest BCUT2D eigenvalue weighted by Crippen LogP contribution is -2.40. The molecule has 2 rings (SSSR count). The Bertz CT molecular complexity index is 321. The van der Waals surface area contributed by atoms with E-state index in [2.05, 4.69) is 0 Å². The van der Waals surface area contributed by atoms with E-state index in [1.54, 1.807) is 6.07 Å². The van der Waals surface area contributed by atoms with Crippen LogP contribution in [0.5, 0.6) is 5.75 Å². The third kappa shape index (κ3) is 1.91. The Labute approximate surface area is 83.8 Å². The molecule has 1 N–H and O–H groups in total. The molecule has 1 saturated heterocycles. The summed E-state index contributed by atoms with van der Waals surface area (Å²) in [5.74, 6) is 0.310. The maximum atomic E-state index is 9.36. The van der Waals surface area contributed by atoms with Gasteiger partial charge in [-0.3, -0.25) is 0 Å². The van der Waals surface area contributed by atoms with E-state index in [9.17, 15) is 5.11 Å². The molecule has 0 amide bonds. The fourth-order valence-corrected chi connectivity index (χ4v) is 1.51. The molecular weight excluding hydrogens is 179 g/mol. The van der Waals surface area contributed by atoms with Gasteiger partial charge in [-0.1, -0.05) is 12.1 Å². The zero-order valence-corrected chi connectivity index (χ0v) is 8.19. The van der Waals surface area contributed by atoms with Gasteiger partial charge in [-0.25, -0.2) is 0 Å². The molecule has 0 radical (unpaired) electrons. The SMILES string of the molecule is Cc1cc(B2OCCCO2)ccc1O. The molecule has 1 aliphatic rings. The van der Waals surface area contributed by atoms with Crippen LogP contribution in [0.1, 0.15) is 12.0 Å². The van der Waals surface area contributed by atoms with Crippen LogP contribution in [0.25, 0.3) is 0 Å². The quantitative estimate of drug-likeness (QED) is 0.669. The van der Waals surface area contributed by atoms with Gasteiger partial charge in [0.15, 0.2) is 0 Å². The number of aryl methyl sites for hydroxylation is 1. The molecule has 1 aromatic rings. The van der Waals surface area contributed by atoms with E-state index in [0.29, 0.717) is 5.75 Å². The Morgan fingerprint density at radius 2 is 2.00 bits per heavy atom. The minimum absolute atomic E-state index is 0.261. The zero-order chi connectivity index (χ0) is 9.97. The van der Waals surface area contributed by atoms with Gasteiger partial charge >= 0.3 is 7.12 Å². The number of phenolic OH excluding ortho intramolecular Hbond substituents is 1. The molecule has 1 fully saturated rings. The molecule has 1 aliphatic heterocycles. The Hall–Kier alpha value is -0.995. The standard InChI is InChI=1S/C10H13BO3/c1-8-7-9(3-4-10(8)12)11-13-5-2-6-14-11/h3-4,7,12H,2,5-6H2,1H3. The van der Waals surface area contributed by atoms with Gasteiger partial charge in [0.25, 0.3) is 0 Å². The van der Waals surface area contributed by atoms with E-state index >= 15 is 0 Å². The Morgan fingerprint density at radius 3 is 2.64 bits per heavy atom. The molecule has 14 heavy (non-hydrogen) atoms. The molecule has 3 nitrogen and oxygen atoms in total. The molecule has 0 atom stereocenters. The monoisotopic (exact) mass is 192 g/mol. The summed E-state index contributed by atoms with van der Waals surface area (Å²) in [6.07, 6.45) is 0.952. The molecular formula is C10H13BO3. The van der Waals surface area contributed by atoms with Crippen molar-refractivity contribution in [1.29, 1.82) is 0 Å². The summed E-state index contributed by atoms with van der Waals surface area (Å²) in [4.78, 5) is 0. The lowest BCUT2D eigenvalue weighted by molar-refractivity contribution is 0.143. The Kier molecular flexibility index (Phi) is 2.75. The van der Waals surface area contributed by atoms with Crippen molar-refractivity contribution in [3.05, 3.63) is 23.8 Å². The van der Waals surface area contributed by atoms with E-state index in [1.807, 2.05) is 19.1 Å². The van der Waals surface area contributed by atoms with Gasteiger partial charge in [0.1, 0.15) is 5.75 Å². The van der Waals surface area contributed by atoms with Crippen molar-refractivity contribution < 1.29 is 14.4 Å². The van der Waals surface area contributed by atoms with E-state index in [-0.39, 0.29) is 7.12 Å². The third-order valence-electron chi connectivity index (χ3n) is 2.32. The molecule has 0 saturated carbocycles. The van der Waals surface area contributed by atoms with Crippen LogP contribution in [0.3, 0.4) is 0 Å².